The highest BCUT2D eigenvalue weighted by Crippen LogP contribution is 2.39. The lowest BCUT2D eigenvalue weighted by molar-refractivity contribution is -0.0529. The minimum absolute atomic E-state index is 0.160. The molecule has 0 unspecified atom stereocenters. The van der Waals surface area contributed by atoms with Gasteiger partial charge in [0.25, 0.3) is 0 Å². The molecule has 1 saturated carbocycles. The standard InChI is InChI=1S/C15H19F2N3O3/c16-14(17)23-13-6-9(3-4-18-13)8-19-15(21)20-11-7-10(11)12-2-1-5-22-12/h3-4,6,10-12,14H,1-2,5,7-8H2,(H2,19,20,21)/t10-,11-,12-/m1/s1. The number of carbonyl (C=O) groups is 1. The minimum atomic E-state index is -2.92. The molecule has 2 aliphatic rings. The number of rotatable bonds is 6. The second kappa shape index (κ2) is 7.08. The van der Waals surface area contributed by atoms with Crippen molar-refractivity contribution >= 4 is 6.03 Å². The summed E-state index contributed by atoms with van der Waals surface area (Å²) in [6.45, 7) is -1.89. The molecule has 0 spiro atoms. The van der Waals surface area contributed by atoms with E-state index < -0.39 is 6.61 Å². The molecule has 3 rings (SSSR count). The predicted molar refractivity (Wildman–Crippen MR) is 77.1 cm³/mol. The summed E-state index contributed by atoms with van der Waals surface area (Å²) in [6, 6.07) is 2.89. The van der Waals surface area contributed by atoms with Gasteiger partial charge >= 0.3 is 12.6 Å². The molecule has 2 fully saturated rings. The van der Waals surface area contributed by atoms with Crippen LogP contribution in [0.5, 0.6) is 5.88 Å². The van der Waals surface area contributed by atoms with Gasteiger partial charge in [0, 0.05) is 37.4 Å². The number of urea groups is 1. The highest BCUT2D eigenvalue weighted by molar-refractivity contribution is 5.74. The molecule has 3 atom stereocenters. The molecule has 0 aromatic carbocycles. The Morgan fingerprint density at radius 1 is 1.52 bits per heavy atom. The van der Waals surface area contributed by atoms with Gasteiger partial charge in [0.15, 0.2) is 0 Å². The van der Waals surface area contributed by atoms with Crippen LogP contribution < -0.4 is 15.4 Å². The fourth-order valence-electron chi connectivity index (χ4n) is 2.85. The summed E-state index contributed by atoms with van der Waals surface area (Å²) >= 11 is 0. The van der Waals surface area contributed by atoms with E-state index in [0.717, 1.165) is 25.9 Å². The summed E-state index contributed by atoms with van der Waals surface area (Å²) in [4.78, 5) is 15.5. The SMILES string of the molecule is O=C(NCc1ccnc(OC(F)F)c1)N[C@@H]1C[C@H]1[C@H]1CCCO1. The summed E-state index contributed by atoms with van der Waals surface area (Å²) in [5, 5.41) is 5.60. The maximum Gasteiger partial charge on any atom is 0.388 e. The molecule has 0 bridgehead atoms. The summed E-state index contributed by atoms with van der Waals surface area (Å²) in [5.41, 5.74) is 0.636. The Morgan fingerprint density at radius 2 is 2.39 bits per heavy atom. The van der Waals surface area contributed by atoms with Crippen LogP contribution in [0, 0.1) is 5.92 Å². The van der Waals surface area contributed by atoms with Crippen molar-refractivity contribution in [3.63, 3.8) is 0 Å². The molecule has 6 nitrogen and oxygen atoms in total. The Hall–Kier alpha value is -1.96. The van der Waals surface area contributed by atoms with Crippen LogP contribution in [0.1, 0.15) is 24.8 Å². The van der Waals surface area contributed by atoms with Gasteiger partial charge in [0.05, 0.1) is 6.10 Å². The first-order valence-corrected chi connectivity index (χ1v) is 7.67. The van der Waals surface area contributed by atoms with E-state index in [1.807, 2.05) is 0 Å². The first kappa shape index (κ1) is 15.9. The lowest BCUT2D eigenvalue weighted by atomic mass is 10.1. The molecule has 1 saturated heterocycles. The third kappa shape index (κ3) is 4.51. The van der Waals surface area contributed by atoms with Gasteiger partial charge in [-0.1, -0.05) is 0 Å². The van der Waals surface area contributed by atoms with Crippen LogP contribution >= 0.6 is 0 Å². The van der Waals surface area contributed by atoms with Crippen LogP contribution in [0.2, 0.25) is 0 Å². The van der Waals surface area contributed by atoms with Gasteiger partial charge in [-0.2, -0.15) is 8.78 Å². The summed E-state index contributed by atoms with van der Waals surface area (Å²) in [5.74, 6) is 0.246. The number of ether oxygens (including phenoxy) is 2. The number of hydrogen-bond acceptors (Lipinski definition) is 4. The molecule has 126 valence electrons. The van der Waals surface area contributed by atoms with E-state index >= 15 is 0 Å². The predicted octanol–water partition coefficient (Wildman–Crippen LogP) is 2.05. The van der Waals surface area contributed by atoms with E-state index in [-0.39, 0.29) is 30.6 Å². The van der Waals surface area contributed by atoms with E-state index in [0.29, 0.717) is 11.5 Å². The van der Waals surface area contributed by atoms with Crippen molar-refractivity contribution in [1.82, 2.24) is 15.6 Å². The smallest absolute Gasteiger partial charge is 0.388 e. The van der Waals surface area contributed by atoms with Crippen LogP contribution in [-0.2, 0) is 11.3 Å². The molecule has 2 heterocycles. The highest BCUT2D eigenvalue weighted by atomic mass is 19.3. The molecule has 2 N–H and O–H groups in total. The van der Waals surface area contributed by atoms with E-state index in [2.05, 4.69) is 20.4 Å². The average Bonchev–Trinajstić information content (AvgIpc) is 3.05. The third-order valence-electron chi connectivity index (χ3n) is 4.06. The molecular weight excluding hydrogens is 308 g/mol. The van der Waals surface area contributed by atoms with Crippen LogP contribution in [-0.4, -0.2) is 36.4 Å². The summed E-state index contributed by atoms with van der Waals surface area (Å²) < 4.78 is 34.1. The lowest BCUT2D eigenvalue weighted by Gasteiger charge is -2.11. The number of hydrogen-bond donors (Lipinski definition) is 2. The number of nitrogens with one attached hydrogen (secondary N) is 2. The normalized spacial score (nSPS) is 26.1. The lowest BCUT2D eigenvalue weighted by Crippen LogP contribution is -2.37. The van der Waals surface area contributed by atoms with Crippen LogP contribution in [0.3, 0.4) is 0 Å². The van der Waals surface area contributed by atoms with Crippen molar-refractivity contribution in [2.45, 2.75) is 44.6 Å². The second-order valence-electron chi connectivity index (χ2n) is 5.77. The van der Waals surface area contributed by atoms with E-state index in [4.69, 9.17) is 4.74 Å². The van der Waals surface area contributed by atoms with Crippen LogP contribution in [0.25, 0.3) is 0 Å². The number of halogens is 2. The monoisotopic (exact) mass is 327 g/mol. The summed E-state index contributed by atoms with van der Waals surface area (Å²) in [6.07, 6.45) is 4.73. The van der Waals surface area contributed by atoms with Crippen molar-refractivity contribution in [3.8, 4) is 5.88 Å². The molecule has 8 heteroatoms. The molecule has 1 aliphatic heterocycles. The number of amides is 2. The topological polar surface area (TPSA) is 72.5 Å². The zero-order valence-corrected chi connectivity index (χ0v) is 12.5. The number of nitrogens with zero attached hydrogens (tertiary/aromatic N) is 1. The van der Waals surface area contributed by atoms with E-state index in [9.17, 15) is 13.6 Å². The fourth-order valence-corrected chi connectivity index (χ4v) is 2.85. The molecule has 1 aromatic heterocycles. The Kier molecular flexibility index (Phi) is 4.90. The minimum Gasteiger partial charge on any atom is -0.417 e. The van der Waals surface area contributed by atoms with Crippen molar-refractivity contribution in [2.75, 3.05) is 6.61 Å². The average molecular weight is 327 g/mol. The van der Waals surface area contributed by atoms with Crippen molar-refractivity contribution in [1.29, 1.82) is 0 Å². The van der Waals surface area contributed by atoms with E-state index in [1.165, 1.54) is 12.3 Å². The van der Waals surface area contributed by atoms with Gasteiger partial charge in [-0.05, 0) is 30.9 Å². The van der Waals surface area contributed by atoms with Gasteiger partial charge in [-0.25, -0.2) is 9.78 Å². The first-order chi connectivity index (χ1) is 11.1. The number of carbonyl (C=O) groups excluding carboxylic acids is 1. The van der Waals surface area contributed by atoms with Gasteiger partial charge in [-0.15, -0.1) is 0 Å². The van der Waals surface area contributed by atoms with Gasteiger partial charge in [0.2, 0.25) is 5.88 Å². The largest absolute Gasteiger partial charge is 0.417 e. The number of aromatic nitrogens is 1. The Morgan fingerprint density at radius 3 is 3.13 bits per heavy atom. The molecule has 23 heavy (non-hydrogen) atoms. The quantitative estimate of drug-likeness (QED) is 0.839. The number of pyridine rings is 1. The van der Waals surface area contributed by atoms with E-state index in [1.54, 1.807) is 6.07 Å². The zero-order valence-electron chi connectivity index (χ0n) is 12.5. The van der Waals surface area contributed by atoms with Gasteiger partial charge in [0.1, 0.15) is 0 Å². The fraction of sp³-hybridized carbons (Fsp3) is 0.600. The Balaban J connectivity index is 1.41. The molecule has 2 amide bonds. The van der Waals surface area contributed by atoms with Crippen LogP contribution in [0.4, 0.5) is 13.6 Å². The third-order valence-corrected chi connectivity index (χ3v) is 4.06. The van der Waals surface area contributed by atoms with Crippen LogP contribution in [0.15, 0.2) is 18.3 Å². The summed E-state index contributed by atoms with van der Waals surface area (Å²) in [7, 11) is 0. The van der Waals surface area contributed by atoms with Gasteiger partial charge < -0.3 is 20.1 Å². The van der Waals surface area contributed by atoms with Gasteiger partial charge in [-0.3, -0.25) is 0 Å². The zero-order chi connectivity index (χ0) is 16.2. The second-order valence-corrected chi connectivity index (χ2v) is 5.77. The molecule has 1 aromatic rings. The Labute approximate surface area is 132 Å². The highest BCUT2D eigenvalue weighted by Gasteiger charge is 2.45. The molecule has 1 aliphatic carbocycles. The molecular formula is C15H19F2N3O3. The maximum absolute atomic E-state index is 12.1. The maximum atomic E-state index is 12.1. The van der Waals surface area contributed by atoms with Crippen molar-refractivity contribution in [3.05, 3.63) is 23.9 Å². The molecule has 0 radical (unpaired) electrons. The number of alkyl halides is 2. The van der Waals surface area contributed by atoms with Crippen molar-refractivity contribution < 1.29 is 23.0 Å². The first-order valence-electron chi connectivity index (χ1n) is 7.67. The Bertz CT molecular complexity index is 553. The van der Waals surface area contributed by atoms with Crippen molar-refractivity contribution in [2.24, 2.45) is 5.92 Å².